The first-order chi connectivity index (χ1) is 7.41. The summed E-state index contributed by atoms with van der Waals surface area (Å²) in [5.74, 6) is 0. The lowest BCUT2D eigenvalue weighted by Gasteiger charge is -1.90. The molecule has 0 aliphatic heterocycles. The van der Waals surface area contributed by atoms with Crippen LogP contribution >= 0.6 is 0 Å². The highest BCUT2D eigenvalue weighted by molar-refractivity contribution is 4.88. The van der Waals surface area contributed by atoms with E-state index in [1.807, 2.05) is 6.08 Å². The van der Waals surface area contributed by atoms with Crippen LogP contribution in [0.4, 0.5) is 0 Å². The fourth-order valence-corrected chi connectivity index (χ4v) is 1.19. The molecule has 0 aromatic rings. The average molecular weight is 203 g/mol. The number of allylic oxidation sites excluding steroid dienone is 5. The van der Waals surface area contributed by atoms with Crippen molar-refractivity contribution >= 4 is 0 Å². The summed E-state index contributed by atoms with van der Waals surface area (Å²) in [6.07, 6.45) is 17.9. The maximum Gasteiger partial charge on any atom is 0.0624 e. The first-order valence-electron chi connectivity index (χ1n) is 5.69. The van der Waals surface area contributed by atoms with Gasteiger partial charge in [0.15, 0.2) is 0 Å². The van der Waals surface area contributed by atoms with Crippen molar-refractivity contribution in [2.45, 2.75) is 44.9 Å². The summed E-state index contributed by atoms with van der Waals surface area (Å²) in [5.41, 5.74) is 0. The van der Waals surface area contributed by atoms with E-state index in [0.717, 1.165) is 32.1 Å². The molecular formula is C14H21N. The predicted molar refractivity (Wildman–Crippen MR) is 66.4 cm³/mol. The molecule has 0 saturated heterocycles. The summed E-state index contributed by atoms with van der Waals surface area (Å²) in [7, 11) is 0. The standard InChI is InChI=1S/C14H21N/c1-2-3-4-5-6-7-8-9-10-11-12-13-14-15/h2,5-6,10-11H,1,3-4,7-9,12-13H2/b6-5+,11-10+. The maximum atomic E-state index is 8.31. The van der Waals surface area contributed by atoms with E-state index in [0.29, 0.717) is 6.42 Å². The largest absolute Gasteiger partial charge is 0.198 e. The van der Waals surface area contributed by atoms with Crippen molar-refractivity contribution in [2.24, 2.45) is 0 Å². The minimum atomic E-state index is 0.637. The van der Waals surface area contributed by atoms with Gasteiger partial charge in [0.1, 0.15) is 0 Å². The molecule has 0 aliphatic rings. The first kappa shape index (κ1) is 13.7. The number of hydrogen-bond acceptors (Lipinski definition) is 1. The zero-order valence-corrected chi connectivity index (χ0v) is 9.49. The summed E-state index contributed by atoms with van der Waals surface area (Å²) in [5, 5.41) is 8.31. The van der Waals surface area contributed by atoms with Crippen LogP contribution in [0.25, 0.3) is 0 Å². The van der Waals surface area contributed by atoms with Crippen LogP contribution < -0.4 is 0 Å². The van der Waals surface area contributed by atoms with E-state index < -0.39 is 0 Å². The highest BCUT2D eigenvalue weighted by Gasteiger charge is 1.81. The summed E-state index contributed by atoms with van der Waals surface area (Å²) < 4.78 is 0. The van der Waals surface area contributed by atoms with Crippen molar-refractivity contribution in [1.82, 2.24) is 0 Å². The van der Waals surface area contributed by atoms with Crippen LogP contribution in [0, 0.1) is 11.3 Å². The summed E-state index contributed by atoms with van der Waals surface area (Å²) in [4.78, 5) is 0. The van der Waals surface area contributed by atoms with Gasteiger partial charge in [-0.05, 0) is 38.5 Å². The highest BCUT2D eigenvalue weighted by Crippen LogP contribution is 2.01. The van der Waals surface area contributed by atoms with Gasteiger partial charge in [-0.3, -0.25) is 0 Å². The molecular weight excluding hydrogens is 182 g/mol. The van der Waals surface area contributed by atoms with E-state index in [4.69, 9.17) is 5.26 Å². The molecule has 0 aromatic heterocycles. The number of nitrogens with zero attached hydrogens (tertiary/aromatic N) is 1. The fraction of sp³-hybridized carbons (Fsp3) is 0.500. The van der Waals surface area contributed by atoms with Gasteiger partial charge in [0.25, 0.3) is 0 Å². The lowest BCUT2D eigenvalue weighted by Crippen LogP contribution is -1.71. The Kier molecular flexibility index (Phi) is 11.6. The molecule has 0 bridgehead atoms. The van der Waals surface area contributed by atoms with Gasteiger partial charge in [0, 0.05) is 6.42 Å². The molecule has 1 heteroatoms. The van der Waals surface area contributed by atoms with Gasteiger partial charge in [0.05, 0.1) is 6.07 Å². The second kappa shape index (κ2) is 12.7. The van der Waals surface area contributed by atoms with Crippen LogP contribution in [0.2, 0.25) is 0 Å². The molecule has 82 valence electrons. The zero-order chi connectivity index (χ0) is 11.2. The lowest BCUT2D eigenvalue weighted by atomic mass is 10.2. The Morgan fingerprint density at radius 2 is 1.47 bits per heavy atom. The summed E-state index contributed by atoms with van der Waals surface area (Å²) >= 11 is 0. The Hall–Kier alpha value is -1.29. The maximum absolute atomic E-state index is 8.31. The van der Waals surface area contributed by atoms with Gasteiger partial charge in [-0.25, -0.2) is 0 Å². The summed E-state index contributed by atoms with van der Waals surface area (Å²) in [6.45, 7) is 3.68. The molecule has 0 N–H and O–H groups in total. The van der Waals surface area contributed by atoms with Crippen molar-refractivity contribution in [3.05, 3.63) is 37.0 Å². The Bertz CT molecular complexity index is 230. The minimum Gasteiger partial charge on any atom is -0.198 e. The van der Waals surface area contributed by atoms with E-state index in [2.05, 4.69) is 37.0 Å². The van der Waals surface area contributed by atoms with Crippen LogP contribution in [0.1, 0.15) is 44.9 Å². The first-order valence-corrected chi connectivity index (χ1v) is 5.69. The number of nitriles is 1. The molecule has 0 aliphatic carbocycles. The Labute approximate surface area is 93.8 Å². The van der Waals surface area contributed by atoms with E-state index >= 15 is 0 Å². The SMILES string of the molecule is C=CCC/C=C/CCC/C=C/CCC#N. The highest BCUT2D eigenvalue weighted by atomic mass is 14.2. The van der Waals surface area contributed by atoms with Gasteiger partial charge in [0.2, 0.25) is 0 Å². The minimum absolute atomic E-state index is 0.637. The molecule has 0 unspecified atom stereocenters. The molecule has 0 spiro atoms. The van der Waals surface area contributed by atoms with Gasteiger partial charge in [-0.1, -0.05) is 30.4 Å². The lowest BCUT2D eigenvalue weighted by molar-refractivity contribution is 0.858. The topological polar surface area (TPSA) is 23.8 Å². The third-order valence-corrected chi connectivity index (χ3v) is 2.04. The van der Waals surface area contributed by atoms with Gasteiger partial charge in [-0.2, -0.15) is 5.26 Å². The smallest absolute Gasteiger partial charge is 0.0624 e. The molecule has 0 atom stereocenters. The normalized spacial score (nSPS) is 10.9. The Morgan fingerprint density at radius 3 is 2.07 bits per heavy atom. The second-order valence-electron chi connectivity index (χ2n) is 3.44. The van der Waals surface area contributed by atoms with E-state index in [1.165, 1.54) is 6.42 Å². The van der Waals surface area contributed by atoms with Crippen LogP contribution in [-0.4, -0.2) is 0 Å². The molecule has 0 rings (SSSR count). The van der Waals surface area contributed by atoms with Crippen molar-refractivity contribution in [1.29, 1.82) is 5.26 Å². The van der Waals surface area contributed by atoms with Gasteiger partial charge < -0.3 is 0 Å². The van der Waals surface area contributed by atoms with Gasteiger partial charge in [-0.15, -0.1) is 6.58 Å². The van der Waals surface area contributed by atoms with Crippen LogP contribution in [0.3, 0.4) is 0 Å². The van der Waals surface area contributed by atoms with Crippen LogP contribution in [0.5, 0.6) is 0 Å². The van der Waals surface area contributed by atoms with Crippen LogP contribution in [0.15, 0.2) is 37.0 Å². The van der Waals surface area contributed by atoms with Crippen molar-refractivity contribution < 1.29 is 0 Å². The predicted octanol–water partition coefficient (Wildman–Crippen LogP) is 4.54. The van der Waals surface area contributed by atoms with Crippen molar-refractivity contribution in [3.8, 4) is 6.07 Å². The average Bonchev–Trinajstić information content (AvgIpc) is 2.26. The summed E-state index contributed by atoms with van der Waals surface area (Å²) in [6, 6.07) is 2.13. The second-order valence-corrected chi connectivity index (χ2v) is 3.44. The van der Waals surface area contributed by atoms with E-state index in [-0.39, 0.29) is 0 Å². The quantitative estimate of drug-likeness (QED) is 0.398. The monoisotopic (exact) mass is 203 g/mol. The van der Waals surface area contributed by atoms with Gasteiger partial charge >= 0.3 is 0 Å². The molecule has 1 nitrogen and oxygen atoms in total. The van der Waals surface area contributed by atoms with E-state index in [1.54, 1.807) is 0 Å². The van der Waals surface area contributed by atoms with Crippen molar-refractivity contribution in [3.63, 3.8) is 0 Å². The van der Waals surface area contributed by atoms with Crippen LogP contribution in [-0.2, 0) is 0 Å². The van der Waals surface area contributed by atoms with E-state index in [9.17, 15) is 0 Å². The molecule has 15 heavy (non-hydrogen) atoms. The molecule has 0 radical (unpaired) electrons. The fourth-order valence-electron chi connectivity index (χ4n) is 1.19. The molecule has 0 fully saturated rings. The van der Waals surface area contributed by atoms with Crippen molar-refractivity contribution in [2.75, 3.05) is 0 Å². The number of rotatable bonds is 9. The molecule has 0 heterocycles. The third kappa shape index (κ3) is 12.7. The molecule has 0 amide bonds. The Morgan fingerprint density at radius 1 is 0.867 bits per heavy atom. The number of hydrogen-bond donors (Lipinski definition) is 0. The number of unbranched alkanes of at least 4 members (excludes halogenated alkanes) is 4. The third-order valence-electron chi connectivity index (χ3n) is 2.04. The Balaban J connectivity index is 3.17. The molecule has 0 saturated carbocycles. The zero-order valence-electron chi connectivity index (χ0n) is 9.49. The molecule has 0 aromatic carbocycles.